The minimum absolute atomic E-state index is 0.0856. The predicted molar refractivity (Wildman–Crippen MR) is 127 cm³/mol. The summed E-state index contributed by atoms with van der Waals surface area (Å²) in [6.07, 6.45) is 2.68. The van der Waals surface area contributed by atoms with E-state index in [2.05, 4.69) is 44.7 Å². The van der Waals surface area contributed by atoms with Crippen LogP contribution < -0.4 is 10.2 Å². The number of hydrogen-bond acceptors (Lipinski definition) is 5. The lowest BCUT2D eigenvalue weighted by Gasteiger charge is -2.33. The van der Waals surface area contributed by atoms with Gasteiger partial charge < -0.3 is 14.8 Å². The molecule has 7 heteroatoms. The molecule has 1 aliphatic rings. The highest BCUT2D eigenvalue weighted by Crippen LogP contribution is 2.27. The zero-order valence-electron chi connectivity index (χ0n) is 19.8. The maximum atomic E-state index is 13.4. The van der Waals surface area contributed by atoms with Crippen LogP contribution >= 0.6 is 0 Å². The summed E-state index contributed by atoms with van der Waals surface area (Å²) < 4.78 is 2.11. The van der Waals surface area contributed by atoms with Gasteiger partial charge in [-0.1, -0.05) is 26.0 Å². The standard InChI is InChI=1S/C25H34N6O/c1-16(2)13-21(23-28-20-10-6-7-11-22(20)30(23)5)29-24(32)19-9-8-12-31(15-19)25-26-17(3)14-18(4)27-25/h6-7,10-11,14,16,19,21H,8-9,12-13,15H2,1-5H3,(H,29,32)/t19?,21-/m1/s1. The smallest absolute Gasteiger partial charge is 0.225 e. The van der Waals surface area contributed by atoms with Gasteiger partial charge in [-0.2, -0.15) is 0 Å². The number of nitrogens with one attached hydrogen (secondary N) is 1. The molecule has 3 aromatic rings. The van der Waals surface area contributed by atoms with Crippen molar-refractivity contribution < 1.29 is 4.79 Å². The molecule has 3 heterocycles. The molecule has 1 fully saturated rings. The molecule has 1 saturated heterocycles. The molecule has 7 nitrogen and oxygen atoms in total. The van der Waals surface area contributed by atoms with Crippen molar-refractivity contribution in [3.8, 4) is 0 Å². The Balaban J connectivity index is 1.53. The van der Waals surface area contributed by atoms with Crippen LogP contribution in [0.15, 0.2) is 30.3 Å². The van der Waals surface area contributed by atoms with E-state index in [0.717, 1.165) is 60.0 Å². The van der Waals surface area contributed by atoms with Crippen LogP contribution in [0.4, 0.5) is 5.95 Å². The van der Waals surface area contributed by atoms with Gasteiger partial charge in [0, 0.05) is 31.5 Å². The van der Waals surface area contributed by atoms with Gasteiger partial charge in [-0.25, -0.2) is 15.0 Å². The summed E-state index contributed by atoms with van der Waals surface area (Å²) >= 11 is 0. The van der Waals surface area contributed by atoms with E-state index >= 15 is 0 Å². The van der Waals surface area contributed by atoms with Gasteiger partial charge in [0.2, 0.25) is 11.9 Å². The minimum Gasteiger partial charge on any atom is -0.346 e. The van der Waals surface area contributed by atoms with Crippen LogP contribution in [0.1, 0.15) is 56.4 Å². The van der Waals surface area contributed by atoms with E-state index in [1.165, 1.54) is 0 Å². The number of nitrogens with zero attached hydrogens (tertiary/aromatic N) is 5. The number of imidazole rings is 1. The minimum atomic E-state index is -0.118. The Kier molecular flexibility index (Phi) is 6.44. The lowest BCUT2D eigenvalue weighted by Crippen LogP contribution is -2.45. The molecule has 1 aliphatic heterocycles. The third-order valence-electron chi connectivity index (χ3n) is 6.20. The number of fused-ring (bicyclic) bond motifs is 1. The fourth-order valence-electron chi connectivity index (χ4n) is 4.69. The first kappa shape index (κ1) is 22.2. The summed E-state index contributed by atoms with van der Waals surface area (Å²) in [5.41, 5.74) is 3.96. The second-order valence-corrected chi connectivity index (χ2v) is 9.44. The quantitative estimate of drug-likeness (QED) is 0.632. The Morgan fingerprint density at radius 1 is 1.16 bits per heavy atom. The van der Waals surface area contributed by atoms with E-state index in [1.54, 1.807) is 0 Å². The molecule has 170 valence electrons. The molecule has 0 spiro atoms. The normalized spacial score (nSPS) is 17.7. The number of aryl methyl sites for hydroxylation is 3. The number of amides is 1. The van der Waals surface area contributed by atoms with Gasteiger partial charge in [0.15, 0.2) is 0 Å². The van der Waals surface area contributed by atoms with Gasteiger partial charge in [0.1, 0.15) is 5.82 Å². The van der Waals surface area contributed by atoms with Crippen LogP contribution in [0.25, 0.3) is 11.0 Å². The Bertz CT molecular complexity index is 1080. The number of aromatic nitrogens is 4. The number of para-hydroxylation sites is 2. The fraction of sp³-hybridized carbons (Fsp3) is 0.520. The zero-order chi connectivity index (χ0) is 22.8. The third-order valence-corrected chi connectivity index (χ3v) is 6.20. The summed E-state index contributed by atoms with van der Waals surface area (Å²) in [4.78, 5) is 29.6. The second kappa shape index (κ2) is 9.27. The average molecular weight is 435 g/mol. The van der Waals surface area contributed by atoms with Crippen molar-refractivity contribution in [3.63, 3.8) is 0 Å². The van der Waals surface area contributed by atoms with Crippen molar-refractivity contribution in [1.29, 1.82) is 0 Å². The van der Waals surface area contributed by atoms with Crippen LogP contribution in [-0.2, 0) is 11.8 Å². The van der Waals surface area contributed by atoms with Gasteiger partial charge in [-0.05, 0) is 57.2 Å². The van der Waals surface area contributed by atoms with Crippen LogP contribution in [-0.4, -0.2) is 38.5 Å². The van der Waals surface area contributed by atoms with E-state index in [1.807, 2.05) is 45.2 Å². The third kappa shape index (κ3) is 4.76. The molecule has 0 radical (unpaired) electrons. The lowest BCUT2D eigenvalue weighted by atomic mass is 9.96. The van der Waals surface area contributed by atoms with E-state index in [-0.39, 0.29) is 17.9 Å². The highest BCUT2D eigenvalue weighted by molar-refractivity contribution is 5.80. The maximum Gasteiger partial charge on any atom is 0.225 e. The molecule has 0 bridgehead atoms. The predicted octanol–water partition coefficient (Wildman–Crippen LogP) is 4.10. The Hall–Kier alpha value is -2.96. The van der Waals surface area contributed by atoms with E-state index in [0.29, 0.717) is 12.5 Å². The number of hydrogen-bond donors (Lipinski definition) is 1. The molecule has 1 N–H and O–H groups in total. The van der Waals surface area contributed by atoms with Gasteiger partial charge >= 0.3 is 0 Å². The van der Waals surface area contributed by atoms with Crippen LogP contribution in [0, 0.1) is 25.7 Å². The number of anilines is 1. The van der Waals surface area contributed by atoms with E-state index in [4.69, 9.17) is 4.98 Å². The summed E-state index contributed by atoms with van der Waals surface area (Å²) in [6, 6.07) is 9.98. The van der Waals surface area contributed by atoms with E-state index < -0.39 is 0 Å². The van der Waals surface area contributed by atoms with Gasteiger partial charge in [0.25, 0.3) is 0 Å². The molecule has 0 saturated carbocycles. The summed E-state index contributed by atoms with van der Waals surface area (Å²) in [6.45, 7) is 9.86. The number of carbonyl (C=O) groups excluding carboxylic acids is 1. The van der Waals surface area contributed by atoms with Crippen molar-refractivity contribution >= 4 is 22.9 Å². The van der Waals surface area contributed by atoms with Crippen molar-refractivity contribution in [1.82, 2.24) is 24.8 Å². The monoisotopic (exact) mass is 434 g/mol. The highest BCUT2D eigenvalue weighted by Gasteiger charge is 2.30. The molecule has 1 unspecified atom stereocenters. The zero-order valence-corrected chi connectivity index (χ0v) is 19.8. The van der Waals surface area contributed by atoms with Gasteiger partial charge in [-0.3, -0.25) is 4.79 Å². The van der Waals surface area contributed by atoms with Crippen molar-refractivity contribution in [2.24, 2.45) is 18.9 Å². The largest absolute Gasteiger partial charge is 0.346 e. The molecular weight excluding hydrogens is 400 g/mol. The number of benzene rings is 1. The lowest BCUT2D eigenvalue weighted by molar-refractivity contribution is -0.126. The van der Waals surface area contributed by atoms with Crippen LogP contribution in [0.5, 0.6) is 0 Å². The van der Waals surface area contributed by atoms with Gasteiger partial charge in [-0.15, -0.1) is 0 Å². The van der Waals surface area contributed by atoms with Crippen LogP contribution in [0.2, 0.25) is 0 Å². The number of rotatable bonds is 6. The van der Waals surface area contributed by atoms with Crippen molar-refractivity contribution in [3.05, 3.63) is 47.5 Å². The molecule has 1 amide bonds. The average Bonchev–Trinajstić information content (AvgIpc) is 3.09. The Morgan fingerprint density at radius 3 is 2.56 bits per heavy atom. The second-order valence-electron chi connectivity index (χ2n) is 9.44. The molecule has 0 aliphatic carbocycles. The SMILES string of the molecule is Cc1cc(C)nc(N2CCCC(C(=O)N[C@H](CC(C)C)c3nc4ccccc4n3C)C2)n1. The molecule has 1 aromatic carbocycles. The molecule has 32 heavy (non-hydrogen) atoms. The molecular formula is C25H34N6O. The van der Waals surface area contributed by atoms with Gasteiger partial charge in [0.05, 0.1) is 23.0 Å². The van der Waals surface area contributed by atoms with Crippen molar-refractivity contribution in [2.45, 2.75) is 53.0 Å². The van der Waals surface area contributed by atoms with Crippen LogP contribution in [0.3, 0.4) is 0 Å². The number of carbonyl (C=O) groups is 1. The van der Waals surface area contributed by atoms with Crippen molar-refractivity contribution in [2.75, 3.05) is 18.0 Å². The van der Waals surface area contributed by atoms with E-state index in [9.17, 15) is 4.79 Å². The molecule has 4 rings (SSSR count). The maximum absolute atomic E-state index is 13.4. The first-order chi connectivity index (χ1) is 15.3. The first-order valence-corrected chi connectivity index (χ1v) is 11.6. The molecule has 2 aromatic heterocycles. The Morgan fingerprint density at radius 2 is 1.88 bits per heavy atom. The fourth-order valence-corrected chi connectivity index (χ4v) is 4.69. The summed E-state index contributed by atoms with van der Waals surface area (Å²) in [5, 5.41) is 3.34. The highest BCUT2D eigenvalue weighted by atomic mass is 16.2. The first-order valence-electron chi connectivity index (χ1n) is 11.6. The number of piperidine rings is 1. The topological polar surface area (TPSA) is 75.9 Å². The molecule has 2 atom stereocenters. The Labute approximate surface area is 190 Å². The summed E-state index contributed by atoms with van der Waals surface area (Å²) in [7, 11) is 2.03. The summed E-state index contributed by atoms with van der Waals surface area (Å²) in [5.74, 6) is 2.09.